The zero-order valence-corrected chi connectivity index (χ0v) is 17.2. The van der Waals surface area contributed by atoms with Crippen LogP contribution < -0.4 is 4.90 Å². The van der Waals surface area contributed by atoms with Crippen molar-refractivity contribution in [2.45, 2.75) is 32.6 Å². The van der Waals surface area contributed by atoms with Gasteiger partial charge in [-0.2, -0.15) is 0 Å². The molecule has 1 aromatic heterocycles. The lowest BCUT2D eigenvalue weighted by molar-refractivity contribution is -0.146. The van der Waals surface area contributed by atoms with Crippen LogP contribution in [0.3, 0.4) is 0 Å². The summed E-state index contributed by atoms with van der Waals surface area (Å²) in [5, 5.41) is 9.31. The van der Waals surface area contributed by atoms with Crippen LogP contribution in [0.25, 0.3) is 0 Å². The molecule has 2 aliphatic heterocycles. The SMILES string of the molecule is COC(=O)c1cc(C)nc(N2CC[C@@H]3C[C@@H](C(=O)N4CCC(CO)CC4)[C@@H]3C2)n1. The van der Waals surface area contributed by atoms with Gasteiger partial charge in [0.15, 0.2) is 5.69 Å². The Bertz CT molecular complexity index is 778. The molecule has 1 aliphatic carbocycles. The largest absolute Gasteiger partial charge is 0.464 e. The molecule has 1 N–H and O–H groups in total. The Morgan fingerprint density at radius 2 is 1.97 bits per heavy atom. The first-order valence-corrected chi connectivity index (χ1v) is 10.6. The van der Waals surface area contributed by atoms with Crippen molar-refractivity contribution in [3.05, 3.63) is 17.5 Å². The van der Waals surface area contributed by atoms with Crippen molar-refractivity contribution < 1.29 is 19.4 Å². The third-order valence-corrected chi connectivity index (χ3v) is 6.90. The van der Waals surface area contributed by atoms with Crippen LogP contribution in [-0.2, 0) is 9.53 Å². The van der Waals surface area contributed by atoms with Gasteiger partial charge in [-0.1, -0.05) is 0 Å². The van der Waals surface area contributed by atoms with Crippen molar-refractivity contribution in [3.63, 3.8) is 0 Å². The predicted molar refractivity (Wildman–Crippen MR) is 106 cm³/mol. The topological polar surface area (TPSA) is 95.9 Å². The molecule has 2 saturated heterocycles. The van der Waals surface area contributed by atoms with Gasteiger partial charge in [-0.3, -0.25) is 4.79 Å². The highest BCUT2D eigenvalue weighted by Crippen LogP contribution is 2.47. The molecule has 0 unspecified atom stereocenters. The second kappa shape index (κ2) is 8.26. The number of fused-ring (bicyclic) bond motifs is 1. The van der Waals surface area contributed by atoms with Gasteiger partial charge < -0.3 is 19.6 Å². The summed E-state index contributed by atoms with van der Waals surface area (Å²) >= 11 is 0. The number of amides is 1. The van der Waals surface area contributed by atoms with E-state index in [1.165, 1.54) is 7.11 Å². The maximum absolute atomic E-state index is 13.1. The number of aliphatic hydroxyl groups excluding tert-OH is 1. The summed E-state index contributed by atoms with van der Waals surface area (Å²) in [5.41, 5.74) is 0.996. The molecule has 0 radical (unpaired) electrons. The van der Waals surface area contributed by atoms with Gasteiger partial charge in [0.25, 0.3) is 0 Å². The van der Waals surface area contributed by atoms with E-state index in [0.29, 0.717) is 23.7 Å². The molecule has 1 aromatic rings. The molecule has 0 bridgehead atoms. The average molecular weight is 402 g/mol. The maximum Gasteiger partial charge on any atom is 0.356 e. The summed E-state index contributed by atoms with van der Waals surface area (Å²) in [6, 6.07) is 1.63. The van der Waals surface area contributed by atoms with Crippen molar-refractivity contribution >= 4 is 17.8 Å². The van der Waals surface area contributed by atoms with E-state index in [1.807, 2.05) is 11.8 Å². The number of carbonyl (C=O) groups excluding carboxylic acids is 2. The van der Waals surface area contributed by atoms with Gasteiger partial charge in [-0.15, -0.1) is 0 Å². The fourth-order valence-corrected chi connectivity index (χ4v) is 5.02. The summed E-state index contributed by atoms with van der Waals surface area (Å²) in [6.45, 7) is 5.16. The molecule has 158 valence electrons. The number of hydrogen-bond donors (Lipinski definition) is 1. The number of carbonyl (C=O) groups is 2. The van der Waals surface area contributed by atoms with E-state index in [2.05, 4.69) is 14.9 Å². The first kappa shape index (κ1) is 20.1. The predicted octanol–water partition coefficient (Wildman–Crippen LogP) is 1.26. The lowest BCUT2D eigenvalue weighted by atomic mass is 9.61. The van der Waals surface area contributed by atoms with Gasteiger partial charge in [0.1, 0.15) is 0 Å². The van der Waals surface area contributed by atoms with Crippen molar-refractivity contribution in [1.29, 1.82) is 0 Å². The minimum Gasteiger partial charge on any atom is -0.464 e. The first-order valence-electron chi connectivity index (χ1n) is 10.6. The summed E-state index contributed by atoms with van der Waals surface area (Å²) in [6.07, 6.45) is 3.77. The van der Waals surface area contributed by atoms with Gasteiger partial charge in [0.2, 0.25) is 11.9 Å². The van der Waals surface area contributed by atoms with E-state index >= 15 is 0 Å². The van der Waals surface area contributed by atoms with Crippen LogP contribution in [-0.4, -0.2) is 71.7 Å². The Hall–Kier alpha value is -2.22. The Kier molecular flexibility index (Phi) is 5.72. The molecule has 8 heteroatoms. The molecule has 1 amide bonds. The number of methoxy groups -OCH3 is 1. The number of aromatic nitrogens is 2. The van der Waals surface area contributed by atoms with Crippen molar-refractivity contribution in [3.8, 4) is 0 Å². The van der Waals surface area contributed by atoms with Crippen LogP contribution in [0.15, 0.2) is 6.07 Å². The molecule has 3 fully saturated rings. The van der Waals surface area contributed by atoms with Gasteiger partial charge in [0, 0.05) is 44.4 Å². The highest BCUT2D eigenvalue weighted by Gasteiger charge is 2.49. The standard InChI is InChI=1S/C21H30N4O4/c1-13-9-18(20(28)29-2)23-21(22-13)25-8-5-15-10-16(17(15)11-25)19(27)24-6-3-14(12-26)4-7-24/h9,14-17,26H,3-8,10-12H2,1-2H3/t15-,16-,17-/m1/s1. The van der Waals surface area contributed by atoms with Gasteiger partial charge >= 0.3 is 5.97 Å². The minimum atomic E-state index is -0.463. The Balaban J connectivity index is 1.43. The van der Waals surface area contributed by atoms with Crippen LogP contribution in [0.1, 0.15) is 41.9 Å². The number of ether oxygens (including phenoxy) is 1. The summed E-state index contributed by atoms with van der Waals surface area (Å²) in [7, 11) is 1.35. The Labute approximate surface area is 171 Å². The molecule has 8 nitrogen and oxygen atoms in total. The highest BCUT2D eigenvalue weighted by molar-refractivity contribution is 5.87. The number of rotatable bonds is 4. The molecular formula is C21H30N4O4. The third-order valence-electron chi connectivity index (χ3n) is 6.90. The zero-order chi connectivity index (χ0) is 20.5. The number of piperidine rings is 2. The molecule has 0 spiro atoms. The van der Waals surface area contributed by atoms with E-state index in [1.54, 1.807) is 6.07 Å². The molecule has 3 atom stereocenters. The van der Waals surface area contributed by atoms with Crippen LogP contribution in [0, 0.1) is 30.6 Å². The van der Waals surface area contributed by atoms with E-state index in [9.17, 15) is 14.7 Å². The van der Waals surface area contributed by atoms with Gasteiger partial charge in [-0.25, -0.2) is 14.8 Å². The Morgan fingerprint density at radius 1 is 1.21 bits per heavy atom. The maximum atomic E-state index is 13.1. The highest BCUT2D eigenvalue weighted by atomic mass is 16.5. The number of esters is 1. The van der Waals surface area contributed by atoms with Gasteiger partial charge in [0.05, 0.1) is 7.11 Å². The second-order valence-electron chi connectivity index (χ2n) is 8.64. The number of nitrogens with zero attached hydrogens (tertiary/aromatic N) is 4. The lowest BCUT2D eigenvalue weighted by Gasteiger charge is -2.51. The van der Waals surface area contributed by atoms with E-state index in [-0.39, 0.29) is 24.1 Å². The van der Waals surface area contributed by atoms with Gasteiger partial charge in [-0.05, 0) is 56.4 Å². The fourth-order valence-electron chi connectivity index (χ4n) is 5.02. The van der Waals surface area contributed by atoms with Crippen LogP contribution >= 0.6 is 0 Å². The second-order valence-corrected chi connectivity index (χ2v) is 8.64. The smallest absolute Gasteiger partial charge is 0.356 e. The number of aryl methyl sites for hydroxylation is 1. The summed E-state index contributed by atoms with van der Waals surface area (Å²) in [4.78, 5) is 38.0. The van der Waals surface area contributed by atoms with E-state index < -0.39 is 5.97 Å². The first-order chi connectivity index (χ1) is 14.0. The van der Waals surface area contributed by atoms with E-state index in [4.69, 9.17) is 4.74 Å². The van der Waals surface area contributed by atoms with Crippen LogP contribution in [0.4, 0.5) is 5.95 Å². The van der Waals surface area contributed by atoms with Crippen molar-refractivity contribution in [2.75, 3.05) is 44.8 Å². The minimum absolute atomic E-state index is 0.0679. The molecule has 4 rings (SSSR count). The van der Waals surface area contributed by atoms with Crippen molar-refractivity contribution in [1.82, 2.24) is 14.9 Å². The summed E-state index contributed by atoms with van der Waals surface area (Å²) in [5.74, 6) is 1.65. The molecule has 3 aliphatic rings. The van der Waals surface area contributed by atoms with Crippen molar-refractivity contribution in [2.24, 2.45) is 23.7 Å². The molecule has 29 heavy (non-hydrogen) atoms. The molecule has 3 heterocycles. The molecular weight excluding hydrogens is 372 g/mol. The zero-order valence-electron chi connectivity index (χ0n) is 17.2. The molecule has 1 saturated carbocycles. The van der Waals surface area contributed by atoms with E-state index in [0.717, 1.165) is 57.6 Å². The Morgan fingerprint density at radius 3 is 2.66 bits per heavy atom. The number of anilines is 1. The monoisotopic (exact) mass is 402 g/mol. The lowest BCUT2D eigenvalue weighted by Crippen LogP contribution is -2.56. The van der Waals surface area contributed by atoms with Crippen LogP contribution in [0.2, 0.25) is 0 Å². The number of likely N-dealkylation sites (tertiary alicyclic amines) is 1. The quantitative estimate of drug-likeness (QED) is 0.758. The normalized spacial score (nSPS) is 27.2. The summed E-state index contributed by atoms with van der Waals surface area (Å²) < 4.78 is 4.80. The molecule has 0 aromatic carbocycles. The number of aliphatic hydroxyl groups is 1. The van der Waals surface area contributed by atoms with Crippen LogP contribution in [0.5, 0.6) is 0 Å². The third kappa shape index (κ3) is 3.95. The average Bonchev–Trinajstić information content (AvgIpc) is 2.73. The number of hydrogen-bond acceptors (Lipinski definition) is 7. The fraction of sp³-hybridized carbons (Fsp3) is 0.714.